The molecule has 2 aromatic heterocycles. The van der Waals surface area contributed by atoms with Gasteiger partial charge in [0, 0.05) is 4.88 Å². The van der Waals surface area contributed by atoms with Crippen molar-refractivity contribution in [3.05, 3.63) is 27.1 Å². The summed E-state index contributed by atoms with van der Waals surface area (Å²) in [6.07, 6.45) is 0. The minimum atomic E-state index is -1.22. The fourth-order valence-electron chi connectivity index (χ4n) is 1.34. The van der Waals surface area contributed by atoms with Crippen LogP contribution in [-0.4, -0.2) is 21.0 Å². The van der Waals surface area contributed by atoms with Crippen molar-refractivity contribution < 1.29 is 9.90 Å². The number of carboxylic acid groups (broad SMARTS) is 1. The summed E-state index contributed by atoms with van der Waals surface area (Å²) in [4.78, 5) is 29.9. The zero-order chi connectivity index (χ0) is 11.9. The van der Waals surface area contributed by atoms with Gasteiger partial charge in [0.2, 0.25) is 5.82 Å². The van der Waals surface area contributed by atoms with Crippen molar-refractivity contribution in [2.45, 2.75) is 19.8 Å². The molecule has 0 bridgehead atoms. The zero-order valence-electron chi connectivity index (χ0n) is 8.77. The molecule has 0 spiro atoms. The topological polar surface area (TPSA) is 83.0 Å². The average molecular weight is 238 g/mol. The van der Waals surface area contributed by atoms with E-state index in [1.807, 2.05) is 13.8 Å². The summed E-state index contributed by atoms with van der Waals surface area (Å²) in [6, 6.07) is 1.77. The van der Waals surface area contributed by atoms with Crippen molar-refractivity contribution in [3.63, 3.8) is 0 Å². The lowest BCUT2D eigenvalue weighted by atomic mass is 10.2. The molecule has 0 aliphatic rings. The lowest BCUT2D eigenvalue weighted by Gasteiger charge is -1.95. The van der Waals surface area contributed by atoms with Crippen LogP contribution in [0.4, 0.5) is 0 Å². The molecule has 84 valence electrons. The van der Waals surface area contributed by atoms with E-state index in [1.165, 1.54) is 11.3 Å². The summed E-state index contributed by atoms with van der Waals surface area (Å²) in [5.41, 5.74) is -0.398. The zero-order valence-corrected chi connectivity index (χ0v) is 9.59. The minimum absolute atomic E-state index is 0.298. The van der Waals surface area contributed by atoms with Gasteiger partial charge in [-0.3, -0.25) is 4.79 Å². The molecule has 0 atom stereocenters. The third kappa shape index (κ3) is 1.71. The van der Waals surface area contributed by atoms with Gasteiger partial charge in [-0.25, -0.2) is 9.78 Å². The second-order valence-corrected chi connectivity index (χ2v) is 4.80. The van der Waals surface area contributed by atoms with Crippen molar-refractivity contribution >= 4 is 27.5 Å². The quantitative estimate of drug-likeness (QED) is 0.835. The van der Waals surface area contributed by atoms with E-state index < -0.39 is 11.5 Å². The molecule has 0 saturated carbocycles. The van der Waals surface area contributed by atoms with Gasteiger partial charge in [-0.1, -0.05) is 13.8 Å². The third-order valence-electron chi connectivity index (χ3n) is 2.19. The second-order valence-electron chi connectivity index (χ2n) is 3.74. The Kier molecular flexibility index (Phi) is 2.51. The highest BCUT2D eigenvalue weighted by atomic mass is 32.1. The number of nitrogens with one attached hydrogen (secondary N) is 1. The Morgan fingerprint density at radius 1 is 1.56 bits per heavy atom. The number of aromatic nitrogens is 2. The number of hydrogen-bond donors (Lipinski definition) is 2. The van der Waals surface area contributed by atoms with Gasteiger partial charge in [0.1, 0.15) is 4.83 Å². The highest BCUT2D eigenvalue weighted by Gasteiger charge is 2.13. The minimum Gasteiger partial charge on any atom is -0.475 e. The van der Waals surface area contributed by atoms with Crippen LogP contribution in [0.2, 0.25) is 0 Å². The van der Waals surface area contributed by atoms with Gasteiger partial charge < -0.3 is 10.1 Å². The standard InChI is InChI=1S/C10H10N2O3S/c1-4(2)6-3-5-8(13)11-7(10(14)15)12-9(5)16-6/h3-4H,1-2H3,(H,14,15)(H,11,12,13). The van der Waals surface area contributed by atoms with Gasteiger partial charge in [0.15, 0.2) is 0 Å². The van der Waals surface area contributed by atoms with Crippen LogP contribution in [0.1, 0.15) is 35.3 Å². The normalized spacial score (nSPS) is 11.2. The predicted molar refractivity (Wildman–Crippen MR) is 61.3 cm³/mol. The van der Waals surface area contributed by atoms with Crippen molar-refractivity contribution in [2.75, 3.05) is 0 Å². The number of hydrogen-bond acceptors (Lipinski definition) is 4. The van der Waals surface area contributed by atoms with Gasteiger partial charge in [-0.05, 0) is 12.0 Å². The molecule has 0 aliphatic carbocycles. The summed E-state index contributed by atoms with van der Waals surface area (Å²) in [5, 5.41) is 9.21. The molecule has 2 heterocycles. The Morgan fingerprint density at radius 2 is 2.25 bits per heavy atom. The molecular formula is C10H10N2O3S. The maximum Gasteiger partial charge on any atom is 0.372 e. The number of carboxylic acids is 1. The highest BCUT2D eigenvalue weighted by Crippen LogP contribution is 2.27. The fourth-order valence-corrected chi connectivity index (χ4v) is 2.37. The SMILES string of the molecule is CC(C)c1cc2c(=O)[nH]c(C(=O)O)nc2s1. The van der Waals surface area contributed by atoms with E-state index in [2.05, 4.69) is 9.97 Å². The van der Waals surface area contributed by atoms with Gasteiger partial charge in [-0.2, -0.15) is 0 Å². The number of carbonyl (C=O) groups is 1. The summed E-state index contributed by atoms with van der Waals surface area (Å²) in [6.45, 7) is 4.02. The van der Waals surface area contributed by atoms with Crippen molar-refractivity contribution in [3.8, 4) is 0 Å². The van der Waals surface area contributed by atoms with Crippen LogP contribution in [0.3, 0.4) is 0 Å². The highest BCUT2D eigenvalue weighted by molar-refractivity contribution is 7.18. The molecule has 0 amide bonds. The van der Waals surface area contributed by atoms with E-state index in [9.17, 15) is 9.59 Å². The Labute approximate surface area is 94.8 Å². The van der Waals surface area contributed by atoms with Crippen LogP contribution >= 0.6 is 11.3 Å². The van der Waals surface area contributed by atoms with Gasteiger partial charge in [0.25, 0.3) is 5.56 Å². The average Bonchev–Trinajstić information content (AvgIpc) is 2.61. The van der Waals surface area contributed by atoms with Crippen LogP contribution in [0.25, 0.3) is 10.2 Å². The van der Waals surface area contributed by atoms with Crippen LogP contribution in [0.15, 0.2) is 10.9 Å². The Balaban J connectivity index is 2.73. The maximum absolute atomic E-state index is 11.6. The van der Waals surface area contributed by atoms with E-state index >= 15 is 0 Å². The van der Waals surface area contributed by atoms with E-state index in [0.717, 1.165) is 4.88 Å². The first-order valence-corrected chi connectivity index (χ1v) is 5.57. The molecule has 2 aromatic rings. The number of thiophene rings is 1. The van der Waals surface area contributed by atoms with Gasteiger partial charge in [0.05, 0.1) is 5.39 Å². The van der Waals surface area contributed by atoms with E-state index in [-0.39, 0.29) is 5.82 Å². The number of aromatic carboxylic acids is 1. The van der Waals surface area contributed by atoms with Crippen molar-refractivity contribution in [1.82, 2.24) is 9.97 Å². The number of H-pyrrole nitrogens is 1. The van der Waals surface area contributed by atoms with E-state index in [0.29, 0.717) is 16.1 Å². The van der Waals surface area contributed by atoms with Gasteiger partial charge >= 0.3 is 5.97 Å². The molecule has 0 aliphatic heterocycles. The smallest absolute Gasteiger partial charge is 0.372 e. The van der Waals surface area contributed by atoms with Crippen molar-refractivity contribution in [1.29, 1.82) is 0 Å². The summed E-state index contributed by atoms with van der Waals surface area (Å²) in [5.74, 6) is -1.24. The molecule has 2 N–H and O–H groups in total. The largest absolute Gasteiger partial charge is 0.475 e. The Bertz CT molecular complexity index is 612. The maximum atomic E-state index is 11.6. The summed E-state index contributed by atoms with van der Waals surface area (Å²) >= 11 is 1.36. The first-order valence-electron chi connectivity index (χ1n) is 4.76. The lowest BCUT2D eigenvalue weighted by molar-refractivity contribution is 0.0683. The van der Waals surface area contributed by atoms with E-state index in [4.69, 9.17) is 5.11 Å². The lowest BCUT2D eigenvalue weighted by Crippen LogP contribution is -2.14. The first kappa shape index (κ1) is 10.8. The van der Waals surface area contributed by atoms with Crippen LogP contribution < -0.4 is 5.56 Å². The molecule has 2 rings (SSSR count). The summed E-state index contributed by atoms with van der Waals surface area (Å²) in [7, 11) is 0. The number of nitrogens with zero attached hydrogens (tertiary/aromatic N) is 1. The predicted octanol–water partition coefficient (Wildman–Crippen LogP) is 1.81. The second kappa shape index (κ2) is 3.71. The molecule has 6 heteroatoms. The monoisotopic (exact) mass is 238 g/mol. The number of rotatable bonds is 2. The van der Waals surface area contributed by atoms with Crippen LogP contribution in [0, 0.1) is 0 Å². The number of aromatic amines is 1. The van der Waals surface area contributed by atoms with Crippen LogP contribution in [0.5, 0.6) is 0 Å². The molecule has 0 radical (unpaired) electrons. The Hall–Kier alpha value is -1.69. The molecule has 5 nitrogen and oxygen atoms in total. The van der Waals surface area contributed by atoms with E-state index in [1.54, 1.807) is 6.07 Å². The van der Waals surface area contributed by atoms with Gasteiger partial charge in [-0.15, -0.1) is 11.3 Å². The fraction of sp³-hybridized carbons (Fsp3) is 0.300. The number of fused-ring (bicyclic) bond motifs is 1. The molecule has 0 aromatic carbocycles. The molecule has 0 unspecified atom stereocenters. The molecular weight excluding hydrogens is 228 g/mol. The molecule has 0 saturated heterocycles. The first-order chi connectivity index (χ1) is 7.49. The Morgan fingerprint density at radius 3 is 2.81 bits per heavy atom. The van der Waals surface area contributed by atoms with Crippen LogP contribution in [-0.2, 0) is 0 Å². The van der Waals surface area contributed by atoms with Crippen molar-refractivity contribution in [2.24, 2.45) is 0 Å². The molecule has 16 heavy (non-hydrogen) atoms. The summed E-state index contributed by atoms with van der Waals surface area (Å²) < 4.78 is 0. The molecule has 0 fully saturated rings. The third-order valence-corrected chi connectivity index (χ3v) is 3.52.